The van der Waals surface area contributed by atoms with Crippen LogP contribution in [0.5, 0.6) is 0 Å². The monoisotopic (exact) mass is 308 g/mol. The van der Waals surface area contributed by atoms with Crippen LogP contribution >= 0.6 is 0 Å². The Balaban J connectivity index is 2.26. The largest absolute Gasteiger partial charge is 0.356 e. The Hall–Kier alpha value is -1.56. The predicted octanol–water partition coefficient (Wildman–Crippen LogP) is 1.59. The van der Waals surface area contributed by atoms with Gasteiger partial charge in [0.15, 0.2) is 5.96 Å². The van der Waals surface area contributed by atoms with Gasteiger partial charge in [-0.2, -0.15) is 5.10 Å². The molecule has 0 aliphatic carbocycles. The molecule has 0 unspecified atom stereocenters. The van der Waals surface area contributed by atoms with Gasteiger partial charge >= 0.3 is 0 Å². The van der Waals surface area contributed by atoms with E-state index in [2.05, 4.69) is 53.3 Å². The average Bonchev–Trinajstić information content (AvgIpc) is 2.86. The third-order valence-corrected chi connectivity index (χ3v) is 3.65. The molecule has 1 heterocycles. The van der Waals surface area contributed by atoms with Crippen molar-refractivity contribution in [1.29, 1.82) is 0 Å². The summed E-state index contributed by atoms with van der Waals surface area (Å²) in [6.07, 6.45) is 4.97. The fourth-order valence-electron chi connectivity index (χ4n) is 2.55. The van der Waals surface area contributed by atoms with E-state index in [1.54, 1.807) is 11.7 Å². The van der Waals surface area contributed by atoms with E-state index in [4.69, 9.17) is 0 Å². The number of aryl methyl sites for hydroxylation is 1. The number of nitrogens with zero attached hydrogens (tertiary/aromatic N) is 4. The fraction of sp³-hybridized carbons (Fsp3) is 0.750. The number of guanidine groups is 1. The van der Waals surface area contributed by atoms with Crippen LogP contribution in [0.4, 0.5) is 0 Å². The van der Waals surface area contributed by atoms with E-state index in [0.717, 1.165) is 37.6 Å². The van der Waals surface area contributed by atoms with Crippen molar-refractivity contribution in [1.82, 2.24) is 25.3 Å². The third kappa shape index (κ3) is 6.47. The molecule has 0 radical (unpaired) electrons. The molecule has 0 amide bonds. The SMILES string of the molecule is CN=C(NCCCN(C(C)C)C(C)C)NCc1cnn(C)c1. The molecule has 0 fully saturated rings. The molecular formula is C16H32N6. The van der Waals surface area contributed by atoms with Crippen LogP contribution in [0.25, 0.3) is 0 Å². The Bertz CT molecular complexity index is 441. The maximum absolute atomic E-state index is 4.25. The standard InChI is InChI=1S/C16H32N6/c1-13(2)22(14(3)4)9-7-8-18-16(17-5)19-10-15-11-20-21(6)12-15/h11-14H,7-10H2,1-6H3,(H2,17,18,19). The second-order valence-electron chi connectivity index (χ2n) is 6.15. The minimum absolute atomic E-state index is 0.586. The first-order valence-electron chi connectivity index (χ1n) is 8.11. The van der Waals surface area contributed by atoms with Crippen LogP contribution in [0.15, 0.2) is 17.4 Å². The first-order valence-corrected chi connectivity index (χ1v) is 8.11. The molecular weight excluding hydrogens is 276 g/mol. The Labute approximate surface area is 135 Å². The molecule has 6 nitrogen and oxygen atoms in total. The molecule has 1 rings (SSSR count). The number of rotatable bonds is 8. The molecule has 0 spiro atoms. The van der Waals surface area contributed by atoms with Crippen molar-refractivity contribution >= 4 is 5.96 Å². The summed E-state index contributed by atoms with van der Waals surface area (Å²) >= 11 is 0. The minimum atomic E-state index is 0.586. The quantitative estimate of drug-likeness (QED) is 0.435. The lowest BCUT2D eigenvalue weighted by molar-refractivity contribution is 0.173. The predicted molar refractivity (Wildman–Crippen MR) is 93.0 cm³/mol. The maximum Gasteiger partial charge on any atom is 0.191 e. The lowest BCUT2D eigenvalue weighted by Gasteiger charge is -2.30. The summed E-state index contributed by atoms with van der Waals surface area (Å²) in [7, 11) is 3.72. The van der Waals surface area contributed by atoms with Crippen molar-refractivity contribution in [3.63, 3.8) is 0 Å². The highest BCUT2D eigenvalue weighted by molar-refractivity contribution is 5.79. The van der Waals surface area contributed by atoms with Crippen molar-refractivity contribution in [3.05, 3.63) is 18.0 Å². The van der Waals surface area contributed by atoms with Crippen molar-refractivity contribution in [3.8, 4) is 0 Å². The summed E-state index contributed by atoms with van der Waals surface area (Å²) in [5.41, 5.74) is 1.15. The zero-order chi connectivity index (χ0) is 16.5. The topological polar surface area (TPSA) is 57.5 Å². The van der Waals surface area contributed by atoms with Crippen LogP contribution in [-0.2, 0) is 13.6 Å². The molecule has 22 heavy (non-hydrogen) atoms. The molecule has 0 saturated carbocycles. The van der Waals surface area contributed by atoms with Gasteiger partial charge in [-0.25, -0.2) is 0 Å². The van der Waals surface area contributed by atoms with Crippen LogP contribution in [0.2, 0.25) is 0 Å². The van der Waals surface area contributed by atoms with E-state index >= 15 is 0 Å². The molecule has 126 valence electrons. The first-order chi connectivity index (χ1) is 10.4. The van der Waals surface area contributed by atoms with E-state index in [9.17, 15) is 0 Å². The number of aliphatic imine (C=N–C) groups is 1. The smallest absolute Gasteiger partial charge is 0.191 e. The lowest BCUT2D eigenvalue weighted by Crippen LogP contribution is -2.41. The third-order valence-electron chi connectivity index (χ3n) is 3.65. The van der Waals surface area contributed by atoms with E-state index in [-0.39, 0.29) is 0 Å². The van der Waals surface area contributed by atoms with Gasteiger partial charge in [0.2, 0.25) is 0 Å². The molecule has 0 aliphatic rings. The van der Waals surface area contributed by atoms with Gasteiger partial charge in [0, 0.05) is 57.6 Å². The van der Waals surface area contributed by atoms with Crippen LogP contribution in [0.3, 0.4) is 0 Å². The number of hydrogen-bond acceptors (Lipinski definition) is 3. The van der Waals surface area contributed by atoms with E-state index in [0.29, 0.717) is 12.1 Å². The Kier molecular flexibility index (Phi) is 7.95. The van der Waals surface area contributed by atoms with Crippen LogP contribution in [-0.4, -0.2) is 52.9 Å². The van der Waals surface area contributed by atoms with Gasteiger partial charge in [-0.05, 0) is 34.1 Å². The summed E-state index contributed by atoms with van der Waals surface area (Å²) in [5, 5.41) is 10.8. The lowest BCUT2D eigenvalue weighted by atomic mass is 10.2. The van der Waals surface area contributed by atoms with Crippen LogP contribution in [0.1, 0.15) is 39.7 Å². The van der Waals surface area contributed by atoms with Gasteiger partial charge in [0.25, 0.3) is 0 Å². The summed E-state index contributed by atoms with van der Waals surface area (Å²) in [4.78, 5) is 6.76. The fourth-order valence-corrected chi connectivity index (χ4v) is 2.55. The number of hydrogen-bond donors (Lipinski definition) is 2. The van der Waals surface area contributed by atoms with E-state index in [1.165, 1.54) is 0 Å². The molecule has 0 atom stereocenters. The molecule has 0 aromatic carbocycles. The van der Waals surface area contributed by atoms with Gasteiger partial charge in [-0.3, -0.25) is 14.6 Å². The highest BCUT2D eigenvalue weighted by Gasteiger charge is 2.12. The molecule has 1 aromatic heterocycles. The Morgan fingerprint density at radius 1 is 1.27 bits per heavy atom. The van der Waals surface area contributed by atoms with Gasteiger partial charge in [-0.15, -0.1) is 0 Å². The molecule has 6 heteroatoms. The normalized spacial score (nSPS) is 12.5. The van der Waals surface area contributed by atoms with Gasteiger partial charge in [-0.1, -0.05) is 0 Å². The van der Waals surface area contributed by atoms with E-state index < -0.39 is 0 Å². The second-order valence-corrected chi connectivity index (χ2v) is 6.15. The molecule has 2 N–H and O–H groups in total. The van der Waals surface area contributed by atoms with Gasteiger partial charge in [0.05, 0.1) is 6.20 Å². The molecule has 0 saturated heterocycles. The molecule has 0 aliphatic heterocycles. The van der Waals surface area contributed by atoms with Crippen molar-refractivity contribution in [2.75, 3.05) is 20.1 Å². The van der Waals surface area contributed by atoms with Crippen molar-refractivity contribution in [2.45, 2.75) is 52.7 Å². The molecule has 0 bridgehead atoms. The maximum atomic E-state index is 4.25. The highest BCUT2D eigenvalue weighted by Crippen LogP contribution is 2.05. The summed E-state index contributed by atoms with van der Waals surface area (Å²) in [5.74, 6) is 0.837. The summed E-state index contributed by atoms with van der Waals surface area (Å²) in [6, 6.07) is 1.17. The molecule has 1 aromatic rings. The number of aromatic nitrogens is 2. The van der Waals surface area contributed by atoms with Crippen LogP contribution < -0.4 is 10.6 Å². The Morgan fingerprint density at radius 2 is 1.95 bits per heavy atom. The second kappa shape index (κ2) is 9.46. The van der Waals surface area contributed by atoms with Crippen LogP contribution in [0, 0.1) is 0 Å². The highest BCUT2D eigenvalue weighted by atomic mass is 15.2. The number of nitrogens with one attached hydrogen (secondary N) is 2. The summed E-state index contributed by atoms with van der Waals surface area (Å²) in [6.45, 7) is 11.8. The summed E-state index contributed by atoms with van der Waals surface area (Å²) < 4.78 is 1.81. The van der Waals surface area contributed by atoms with E-state index in [1.807, 2.05) is 19.4 Å². The Morgan fingerprint density at radius 3 is 2.45 bits per heavy atom. The average molecular weight is 308 g/mol. The van der Waals surface area contributed by atoms with Crippen molar-refractivity contribution < 1.29 is 0 Å². The van der Waals surface area contributed by atoms with Gasteiger partial charge in [0.1, 0.15) is 0 Å². The first kappa shape index (κ1) is 18.5. The van der Waals surface area contributed by atoms with Crippen molar-refractivity contribution in [2.24, 2.45) is 12.0 Å². The van der Waals surface area contributed by atoms with Gasteiger partial charge < -0.3 is 10.6 Å². The minimum Gasteiger partial charge on any atom is -0.356 e. The zero-order valence-corrected chi connectivity index (χ0v) is 14.9. The zero-order valence-electron chi connectivity index (χ0n) is 14.9.